The van der Waals surface area contributed by atoms with Crippen LogP contribution in [0.15, 0.2) is 30.5 Å². The number of ether oxygens (including phenoxy) is 2. The van der Waals surface area contributed by atoms with E-state index >= 15 is 0 Å². The van der Waals surface area contributed by atoms with Gasteiger partial charge in [-0.2, -0.15) is 0 Å². The summed E-state index contributed by atoms with van der Waals surface area (Å²) < 4.78 is 13.1. The number of pyridine rings is 1. The highest BCUT2D eigenvalue weighted by Gasteiger charge is 2.33. The highest BCUT2D eigenvalue weighted by Crippen LogP contribution is 2.47. The fourth-order valence-electron chi connectivity index (χ4n) is 4.79. The Morgan fingerprint density at radius 1 is 1.31 bits per heavy atom. The molecular weight excluding hydrogens is 474 g/mol. The average molecular weight is 506 g/mol. The minimum absolute atomic E-state index is 0.632. The topological polar surface area (TPSA) is 84.8 Å². The number of benzene rings is 2. The number of nitrogens with zero attached hydrogens (tertiary/aromatic N) is 3. The summed E-state index contributed by atoms with van der Waals surface area (Å²) in [6, 6.07) is 7.98. The Hall–Kier alpha value is -3.23. The molecule has 1 atom stereocenters. The van der Waals surface area contributed by atoms with Crippen LogP contribution >= 0.6 is 11.3 Å². The highest BCUT2D eigenvalue weighted by molar-refractivity contribution is 7.22. The van der Waals surface area contributed by atoms with Crippen molar-refractivity contribution >= 4 is 43.6 Å². The van der Waals surface area contributed by atoms with E-state index in [4.69, 9.17) is 19.4 Å². The second-order valence-electron chi connectivity index (χ2n) is 10.2. The van der Waals surface area contributed by atoms with Crippen LogP contribution in [0.3, 0.4) is 0 Å². The largest absolute Gasteiger partial charge is 0.493 e. The molecule has 1 aliphatic heterocycles. The molecule has 36 heavy (non-hydrogen) atoms. The van der Waals surface area contributed by atoms with Gasteiger partial charge >= 0.3 is 5.97 Å². The zero-order valence-corrected chi connectivity index (χ0v) is 22.3. The van der Waals surface area contributed by atoms with Gasteiger partial charge in [0.2, 0.25) is 0 Å². The van der Waals surface area contributed by atoms with E-state index in [0.29, 0.717) is 12.2 Å². The molecule has 188 valence electrons. The van der Waals surface area contributed by atoms with Crippen molar-refractivity contribution in [1.29, 1.82) is 0 Å². The summed E-state index contributed by atoms with van der Waals surface area (Å²) in [6.45, 7) is 11.1. The van der Waals surface area contributed by atoms with Gasteiger partial charge in [-0.15, -0.1) is 0 Å². The summed E-state index contributed by atoms with van der Waals surface area (Å²) >= 11 is 1.57. The van der Waals surface area contributed by atoms with Crippen LogP contribution in [0.5, 0.6) is 5.75 Å². The van der Waals surface area contributed by atoms with Gasteiger partial charge in [-0.05, 0) is 70.0 Å². The van der Waals surface area contributed by atoms with Crippen LogP contribution in [-0.4, -0.2) is 46.8 Å². The quantitative estimate of drug-likeness (QED) is 0.336. The second kappa shape index (κ2) is 9.01. The molecule has 1 aliphatic rings. The lowest BCUT2D eigenvalue weighted by Crippen LogP contribution is -2.28. The Morgan fingerprint density at radius 2 is 2.08 bits per heavy atom. The summed E-state index contributed by atoms with van der Waals surface area (Å²) in [7, 11) is 2.01. The Kier molecular flexibility index (Phi) is 6.12. The molecule has 7 nitrogen and oxygen atoms in total. The fraction of sp³-hybridized carbons (Fsp3) is 0.393. The maximum atomic E-state index is 12.7. The van der Waals surface area contributed by atoms with Crippen molar-refractivity contribution in [3.05, 3.63) is 47.2 Å². The van der Waals surface area contributed by atoms with Gasteiger partial charge in [0.15, 0.2) is 11.2 Å². The Morgan fingerprint density at radius 3 is 2.78 bits per heavy atom. The third kappa shape index (κ3) is 4.18. The molecule has 5 rings (SSSR count). The summed E-state index contributed by atoms with van der Waals surface area (Å²) in [5.74, 6) is -0.215. The van der Waals surface area contributed by atoms with Crippen LogP contribution in [0.25, 0.3) is 32.2 Å². The van der Waals surface area contributed by atoms with Gasteiger partial charge in [0.05, 0.1) is 27.9 Å². The molecular formula is C28H31N3O4S. The maximum Gasteiger partial charge on any atom is 0.337 e. The van der Waals surface area contributed by atoms with Crippen LogP contribution in [0.2, 0.25) is 0 Å². The number of carboxylic acids is 1. The van der Waals surface area contributed by atoms with Gasteiger partial charge in [0, 0.05) is 48.3 Å². The Labute approximate surface area is 214 Å². The molecule has 2 aromatic carbocycles. The van der Waals surface area contributed by atoms with Crippen LogP contribution in [-0.2, 0) is 16.0 Å². The third-order valence-corrected chi connectivity index (χ3v) is 7.72. The van der Waals surface area contributed by atoms with Gasteiger partial charge < -0.3 is 19.5 Å². The van der Waals surface area contributed by atoms with Crippen molar-refractivity contribution in [2.75, 3.05) is 25.1 Å². The normalized spacial score (nSPS) is 14.2. The van der Waals surface area contributed by atoms with Crippen molar-refractivity contribution < 1.29 is 19.4 Å². The van der Waals surface area contributed by atoms with Gasteiger partial charge in [-0.25, -0.2) is 9.78 Å². The molecule has 3 heterocycles. The van der Waals surface area contributed by atoms with Crippen molar-refractivity contribution in [3.8, 4) is 16.9 Å². The van der Waals surface area contributed by atoms with Crippen molar-refractivity contribution in [1.82, 2.24) is 9.97 Å². The Bertz CT molecular complexity index is 1480. The van der Waals surface area contributed by atoms with E-state index in [1.165, 1.54) is 5.56 Å². The number of thiazole rings is 1. The molecule has 0 spiro atoms. The number of aliphatic carboxylic acids is 1. The van der Waals surface area contributed by atoms with Gasteiger partial charge in [0.25, 0.3) is 0 Å². The molecule has 0 fully saturated rings. The number of aromatic nitrogens is 2. The average Bonchev–Trinajstić information content (AvgIpc) is 3.25. The summed E-state index contributed by atoms with van der Waals surface area (Å²) in [5.41, 5.74) is 5.30. The molecule has 0 bridgehead atoms. The van der Waals surface area contributed by atoms with E-state index in [9.17, 15) is 9.90 Å². The SMILES string of the molecule is CCN(C)c1nc2cc(C)c([C@H](OC(C)(C)C)C(=O)O)c(-c3ccc4c5c(ccnc35)CCO4)c2s1. The molecule has 1 N–H and O–H groups in total. The first kappa shape index (κ1) is 24.5. The fourth-order valence-corrected chi connectivity index (χ4v) is 5.94. The van der Waals surface area contributed by atoms with Crippen LogP contribution in [0, 0.1) is 6.92 Å². The summed E-state index contributed by atoms with van der Waals surface area (Å²) in [6.07, 6.45) is 1.48. The molecule has 2 aromatic heterocycles. The lowest BCUT2D eigenvalue weighted by Gasteiger charge is -2.28. The maximum absolute atomic E-state index is 12.7. The molecule has 0 saturated heterocycles. The molecule has 0 radical (unpaired) electrons. The van der Waals surface area contributed by atoms with Crippen molar-refractivity contribution in [2.45, 2.75) is 52.7 Å². The molecule has 0 unspecified atom stereocenters. The van der Waals surface area contributed by atoms with E-state index in [2.05, 4.69) is 11.8 Å². The number of hydrogen-bond acceptors (Lipinski definition) is 7. The van der Waals surface area contributed by atoms with Crippen molar-refractivity contribution in [3.63, 3.8) is 0 Å². The number of hydrogen-bond donors (Lipinski definition) is 1. The zero-order chi connectivity index (χ0) is 25.8. The first-order valence-corrected chi connectivity index (χ1v) is 13.0. The number of aryl methyl sites for hydroxylation is 1. The van der Waals surface area contributed by atoms with Gasteiger partial charge in [-0.1, -0.05) is 11.3 Å². The lowest BCUT2D eigenvalue weighted by molar-refractivity contribution is -0.160. The van der Waals surface area contributed by atoms with Gasteiger partial charge in [-0.3, -0.25) is 4.98 Å². The first-order valence-electron chi connectivity index (χ1n) is 12.2. The predicted molar refractivity (Wildman–Crippen MR) is 144 cm³/mol. The van der Waals surface area contributed by atoms with E-state index in [0.717, 1.165) is 61.7 Å². The summed E-state index contributed by atoms with van der Waals surface area (Å²) in [5, 5.41) is 12.2. The Balaban J connectivity index is 1.90. The van der Waals surface area contributed by atoms with E-state index in [1.807, 2.05) is 65.2 Å². The highest BCUT2D eigenvalue weighted by atomic mass is 32.1. The zero-order valence-electron chi connectivity index (χ0n) is 21.5. The predicted octanol–water partition coefficient (Wildman–Crippen LogP) is 6.15. The number of carboxylic acid groups (broad SMARTS) is 1. The molecule has 0 saturated carbocycles. The van der Waals surface area contributed by atoms with Crippen molar-refractivity contribution in [2.24, 2.45) is 0 Å². The third-order valence-electron chi connectivity index (χ3n) is 6.51. The van der Waals surface area contributed by atoms with E-state index in [1.54, 1.807) is 11.3 Å². The number of rotatable bonds is 6. The molecule has 0 aliphatic carbocycles. The lowest BCUT2D eigenvalue weighted by atomic mass is 9.89. The number of carbonyl (C=O) groups is 1. The minimum Gasteiger partial charge on any atom is -0.493 e. The standard InChI is InChI=1S/C28H31N3O4S/c1-7-31(6)27-30-18-14-15(2)20(24(26(32)33)35-28(3,4)5)22(25(18)36-27)17-8-9-19-21-16(11-13-34-19)10-12-29-23(17)21/h8-10,12,14,24H,7,11,13H2,1-6H3,(H,32,33)/t24-/m0/s1. The minimum atomic E-state index is -1.15. The smallest absolute Gasteiger partial charge is 0.337 e. The van der Waals surface area contributed by atoms with E-state index < -0.39 is 17.7 Å². The first-order chi connectivity index (χ1) is 17.1. The number of anilines is 1. The van der Waals surface area contributed by atoms with E-state index in [-0.39, 0.29) is 0 Å². The van der Waals surface area contributed by atoms with Crippen LogP contribution in [0.1, 0.15) is 50.5 Å². The molecule has 4 aromatic rings. The van der Waals surface area contributed by atoms with Gasteiger partial charge in [0.1, 0.15) is 5.75 Å². The summed E-state index contributed by atoms with van der Waals surface area (Å²) in [4.78, 5) is 24.4. The molecule has 8 heteroatoms. The molecule has 0 amide bonds. The second-order valence-corrected chi connectivity index (χ2v) is 11.2. The van der Waals surface area contributed by atoms with Crippen LogP contribution in [0.4, 0.5) is 5.13 Å². The monoisotopic (exact) mass is 505 g/mol. The van der Waals surface area contributed by atoms with Crippen LogP contribution < -0.4 is 9.64 Å². The number of fused-ring (bicyclic) bond motifs is 1.